The fourth-order valence-corrected chi connectivity index (χ4v) is 1.17. The van der Waals surface area contributed by atoms with E-state index in [-0.39, 0.29) is 11.3 Å². The molecule has 0 aromatic heterocycles. The summed E-state index contributed by atoms with van der Waals surface area (Å²) < 4.78 is 0. The number of allylic oxidation sites excluding steroid dienone is 5. The molecule has 1 N–H and O–H groups in total. The number of carbonyl (C=O) groups excluding carboxylic acids is 1. The number of rotatable bonds is 1. The van der Waals surface area contributed by atoms with Gasteiger partial charge in [0.1, 0.15) is 0 Å². The molecule has 81 valence electrons. The molecule has 0 atom stereocenters. The van der Waals surface area contributed by atoms with E-state index in [1.807, 2.05) is 58.4 Å². The molecular formula is C13H18NO. The molecule has 2 nitrogen and oxygen atoms in total. The predicted molar refractivity (Wildman–Crippen MR) is 62.9 cm³/mol. The Balaban J connectivity index is 2.77. The first kappa shape index (κ1) is 11.8. The smallest absolute Gasteiger partial charge is 0.229 e. The first-order chi connectivity index (χ1) is 6.95. The third kappa shape index (κ3) is 3.08. The highest BCUT2D eigenvalue weighted by atomic mass is 16.2. The second-order valence-electron chi connectivity index (χ2n) is 4.58. The second kappa shape index (κ2) is 4.47. The summed E-state index contributed by atoms with van der Waals surface area (Å²) in [6.45, 7) is 7.67. The Labute approximate surface area is 91.8 Å². The van der Waals surface area contributed by atoms with Gasteiger partial charge in [-0.15, -0.1) is 0 Å². The van der Waals surface area contributed by atoms with Crippen LogP contribution in [0.2, 0.25) is 0 Å². The molecule has 0 saturated carbocycles. The summed E-state index contributed by atoms with van der Waals surface area (Å²) in [5.41, 5.74) is 1.57. The normalized spacial score (nSPS) is 18.9. The Morgan fingerprint density at radius 3 is 2.53 bits per heavy atom. The molecular weight excluding hydrogens is 186 g/mol. The van der Waals surface area contributed by atoms with Gasteiger partial charge in [0.15, 0.2) is 0 Å². The molecule has 0 bridgehead atoms. The molecule has 0 aliphatic heterocycles. The van der Waals surface area contributed by atoms with Gasteiger partial charge < -0.3 is 5.32 Å². The van der Waals surface area contributed by atoms with Crippen molar-refractivity contribution >= 4 is 5.91 Å². The van der Waals surface area contributed by atoms with Crippen LogP contribution in [-0.4, -0.2) is 5.91 Å². The van der Waals surface area contributed by atoms with E-state index in [1.54, 1.807) is 0 Å². The van der Waals surface area contributed by atoms with Gasteiger partial charge in [-0.2, -0.15) is 0 Å². The third-order valence-electron chi connectivity index (χ3n) is 2.20. The van der Waals surface area contributed by atoms with Crippen molar-refractivity contribution in [1.29, 1.82) is 0 Å². The SMILES string of the molecule is CC=C1[CH]C=CC=C1NC(=O)C(C)(C)C. The maximum atomic E-state index is 11.8. The lowest BCUT2D eigenvalue weighted by atomic mass is 9.94. The van der Waals surface area contributed by atoms with E-state index in [9.17, 15) is 4.79 Å². The van der Waals surface area contributed by atoms with Crippen LogP contribution >= 0.6 is 0 Å². The Morgan fingerprint density at radius 1 is 1.33 bits per heavy atom. The summed E-state index contributed by atoms with van der Waals surface area (Å²) in [6, 6.07) is 0. The van der Waals surface area contributed by atoms with Gasteiger partial charge in [0.2, 0.25) is 5.91 Å². The fourth-order valence-electron chi connectivity index (χ4n) is 1.17. The minimum atomic E-state index is -0.360. The summed E-state index contributed by atoms with van der Waals surface area (Å²) in [4.78, 5) is 11.8. The molecule has 0 fully saturated rings. The highest BCUT2D eigenvalue weighted by Gasteiger charge is 2.22. The van der Waals surface area contributed by atoms with Crippen LogP contribution in [0.3, 0.4) is 0 Å². The number of hydrogen-bond donors (Lipinski definition) is 1. The second-order valence-corrected chi connectivity index (χ2v) is 4.58. The van der Waals surface area contributed by atoms with Crippen molar-refractivity contribution in [2.45, 2.75) is 27.7 Å². The minimum Gasteiger partial charge on any atom is -0.325 e. The van der Waals surface area contributed by atoms with Crippen molar-refractivity contribution < 1.29 is 4.79 Å². The van der Waals surface area contributed by atoms with Crippen LogP contribution in [0.15, 0.2) is 35.6 Å². The third-order valence-corrected chi connectivity index (χ3v) is 2.20. The highest BCUT2D eigenvalue weighted by molar-refractivity contribution is 5.84. The van der Waals surface area contributed by atoms with E-state index in [2.05, 4.69) is 5.32 Å². The Morgan fingerprint density at radius 2 is 2.00 bits per heavy atom. The number of amides is 1. The van der Waals surface area contributed by atoms with E-state index in [1.165, 1.54) is 0 Å². The van der Waals surface area contributed by atoms with Gasteiger partial charge in [-0.1, -0.05) is 39.0 Å². The molecule has 0 spiro atoms. The van der Waals surface area contributed by atoms with E-state index >= 15 is 0 Å². The molecule has 0 heterocycles. The molecule has 1 aliphatic rings. The lowest BCUT2D eigenvalue weighted by Crippen LogP contribution is -2.35. The maximum absolute atomic E-state index is 11.8. The minimum absolute atomic E-state index is 0.0387. The highest BCUT2D eigenvalue weighted by Crippen LogP contribution is 2.19. The monoisotopic (exact) mass is 204 g/mol. The molecule has 15 heavy (non-hydrogen) atoms. The lowest BCUT2D eigenvalue weighted by Gasteiger charge is -2.21. The Kier molecular flexibility index (Phi) is 3.51. The van der Waals surface area contributed by atoms with Gasteiger partial charge >= 0.3 is 0 Å². The zero-order valence-electron chi connectivity index (χ0n) is 9.79. The van der Waals surface area contributed by atoms with Crippen molar-refractivity contribution in [2.24, 2.45) is 5.41 Å². The topological polar surface area (TPSA) is 29.1 Å². The molecule has 1 radical (unpaired) electrons. The molecule has 0 aromatic rings. The number of hydrogen-bond acceptors (Lipinski definition) is 1. The van der Waals surface area contributed by atoms with Gasteiger partial charge in [0, 0.05) is 17.5 Å². The van der Waals surface area contributed by atoms with E-state index < -0.39 is 0 Å². The Bertz CT molecular complexity index is 340. The van der Waals surface area contributed by atoms with Crippen molar-refractivity contribution in [3.05, 3.63) is 42.0 Å². The fraction of sp³-hybridized carbons (Fsp3) is 0.385. The van der Waals surface area contributed by atoms with Crippen molar-refractivity contribution in [3.8, 4) is 0 Å². The van der Waals surface area contributed by atoms with Gasteiger partial charge in [-0.05, 0) is 18.6 Å². The van der Waals surface area contributed by atoms with Crippen LogP contribution in [-0.2, 0) is 4.79 Å². The first-order valence-electron chi connectivity index (χ1n) is 5.15. The standard InChI is InChI=1S/C13H18NO/c1-5-10-8-6-7-9-11(10)14-12(15)13(2,3)4/h5-9H,1-4H3,(H,14,15). The van der Waals surface area contributed by atoms with Crippen LogP contribution < -0.4 is 5.32 Å². The molecule has 0 saturated heterocycles. The van der Waals surface area contributed by atoms with E-state index in [4.69, 9.17) is 0 Å². The largest absolute Gasteiger partial charge is 0.325 e. The van der Waals surface area contributed by atoms with Gasteiger partial charge in [0.25, 0.3) is 0 Å². The summed E-state index contributed by atoms with van der Waals surface area (Å²) in [5, 5.41) is 2.93. The van der Waals surface area contributed by atoms with E-state index in [0.29, 0.717) is 0 Å². The molecule has 1 rings (SSSR count). The van der Waals surface area contributed by atoms with Crippen LogP contribution in [0.25, 0.3) is 0 Å². The zero-order chi connectivity index (χ0) is 11.5. The molecule has 0 aromatic carbocycles. The molecule has 1 amide bonds. The maximum Gasteiger partial charge on any atom is 0.229 e. The predicted octanol–water partition coefficient (Wildman–Crippen LogP) is 2.75. The average Bonchev–Trinajstić information content (AvgIpc) is 2.17. The zero-order valence-corrected chi connectivity index (χ0v) is 9.79. The molecule has 1 aliphatic carbocycles. The number of carbonyl (C=O) groups is 1. The van der Waals surface area contributed by atoms with Crippen LogP contribution in [0.5, 0.6) is 0 Å². The van der Waals surface area contributed by atoms with Crippen LogP contribution in [0.4, 0.5) is 0 Å². The van der Waals surface area contributed by atoms with E-state index in [0.717, 1.165) is 11.3 Å². The lowest BCUT2D eigenvalue weighted by molar-refractivity contribution is -0.127. The van der Waals surface area contributed by atoms with Crippen LogP contribution in [0, 0.1) is 11.8 Å². The van der Waals surface area contributed by atoms with Gasteiger partial charge in [-0.25, -0.2) is 0 Å². The molecule has 0 unspecified atom stereocenters. The average molecular weight is 204 g/mol. The van der Waals surface area contributed by atoms with Gasteiger partial charge in [-0.3, -0.25) is 4.79 Å². The Hall–Kier alpha value is -1.31. The van der Waals surface area contributed by atoms with Crippen LogP contribution in [0.1, 0.15) is 27.7 Å². The summed E-state index contributed by atoms with van der Waals surface area (Å²) in [7, 11) is 0. The quantitative estimate of drug-likeness (QED) is 0.699. The molecule has 2 heteroatoms. The summed E-state index contributed by atoms with van der Waals surface area (Å²) in [6.07, 6.45) is 9.77. The van der Waals surface area contributed by atoms with Crippen molar-refractivity contribution in [1.82, 2.24) is 5.32 Å². The number of nitrogens with one attached hydrogen (secondary N) is 1. The first-order valence-corrected chi connectivity index (χ1v) is 5.15. The summed E-state index contributed by atoms with van der Waals surface area (Å²) in [5.74, 6) is 0.0387. The van der Waals surface area contributed by atoms with Crippen molar-refractivity contribution in [2.75, 3.05) is 0 Å². The summed E-state index contributed by atoms with van der Waals surface area (Å²) >= 11 is 0. The van der Waals surface area contributed by atoms with Crippen molar-refractivity contribution in [3.63, 3.8) is 0 Å². The van der Waals surface area contributed by atoms with Gasteiger partial charge in [0.05, 0.1) is 0 Å².